The molecule has 1 N–H and O–H groups in total. The number of carbonyl (C=O) groups excluding carboxylic acids is 2. The number of hydrogen-bond donors (Lipinski definition) is 1. The third-order valence-corrected chi connectivity index (χ3v) is 6.81. The van der Waals surface area contributed by atoms with Crippen LogP contribution in [-0.4, -0.2) is 47.6 Å². The van der Waals surface area contributed by atoms with Crippen molar-refractivity contribution in [3.05, 3.63) is 0 Å². The second kappa shape index (κ2) is 10.3. The smallest absolute Gasteiger partial charge is 0.434 e. The summed E-state index contributed by atoms with van der Waals surface area (Å²) in [6.45, 7) is 5.93. The molecule has 0 aromatic rings. The molecule has 2 saturated carbocycles. The molecule has 0 aliphatic heterocycles. The molecule has 0 aromatic carbocycles. The quantitative estimate of drug-likeness (QED) is 0.247. The van der Waals surface area contributed by atoms with Crippen molar-refractivity contribution >= 4 is 17.9 Å². The molecule has 5 unspecified atom stereocenters. The number of halogens is 6. The van der Waals surface area contributed by atoms with Gasteiger partial charge < -0.3 is 14.6 Å². The molecule has 0 amide bonds. The van der Waals surface area contributed by atoms with Crippen molar-refractivity contribution < 1.29 is 55.3 Å². The summed E-state index contributed by atoms with van der Waals surface area (Å²) in [5.74, 6) is -6.16. The van der Waals surface area contributed by atoms with Crippen LogP contribution in [0.3, 0.4) is 0 Å². The second-order valence-corrected chi connectivity index (χ2v) is 9.71. The van der Waals surface area contributed by atoms with E-state index in [2.05, 4.69) is 4.74 Å². The van der Waals surface area contributed by atoms with Crippen LogP contribution in [0.4, 0.5) is 26.3 Å². The van der Waals surface area contributed by atoms with Crippen molar-refractivity contribution in [3.8, 4) is 0 Å². The molecular formula is C22H30F6O6. The molecule has 2 rings (SSSR count). The summed E-state index contributed by atoms with van der Waals surface area (Å²) in [7, 11) is 0. The Morgan fingerprint density at radius 3 is 2.00 bits per heavy atom. The number of carbonyl (C=O) groups is 3. The number of hydrogen-bond acceptors (Lipinski definition) is 5. The predicted octanol–water partition coefficient (Wildman–Crippen LogP) is 5.29. The molecule has 2 aliphatic rings. The molecular weight excluding hydrogens is 474 g/mol. The number of fused-ring (bicyclic) bond motifs is 2. The molecule has 12 heteroatoms. The van der Waals surface area contributed by atoms with Crippen molar-refractivity contribution in [3.63, 3.8) is 0 Å². The van der Waals surface area contributed by atoms with E-state index >= 15 is 0 Å². The van der Waals surface area contributed by atoms with Gasteiger partial charge in [-0.2, -0.15) is 26.3 Å². The highest BCUT2D eigenvalue weighted by atomic mass is 19.4. The summed E-state index contributed by atoms with van der Waals surface area (Å²) in [4.78, 5) is 37.1. The lowest BCUT2D eigenvalue weighted by Gasteiger charge is -2.36. The Bertz CT molecular complexity index is 750. The fraction of sp³-hybridized carbons (Fsp3) is 0.864. The molecule has 5 atom stereocenters. The SMILES string of the molecule is CCCC(CCC(C)C)C(=O)OC1CC2CC1CC2(C(=O)O)C(=O)OC(C(F)(F)F)C(F)(F)F. The first kappa shape index (κ1) is 28.2. The minimum absolute atomic E-state index is 0.0203. The highest BCUT2D eigenvalue weighted by molar-refractivity contribution is 6.00. The zero-order valence-electron chi connectivity index (χ0n) is 19.2. The topological polar surface area (TPSA) is 89.9 Å². The summed E-state index contributed by atoms with van der Waals surface area (Å²) in [6.07, 6.45) is -15.0. The van der Waals surface area contributed by atoms with Crippen LogP contribution >= 0.6 is 0 Å². The van der Waals surface area contributed by atoms with Gasteiger partial charge in [0, 0.05) is 0 Å². The molecule has 6 nitrogen and oxygen atoms in total. The predicted molar refractivity (Wildman–Crippen MR) is 105 cm³/mol. The lowest BCUT2D eigenvalue weighted by molar-refractivity contribution is -0.316. The van der Waals surface area contributed by atoms with E-state index in [1.54, 1.807) is 0 Å². The van der Waals surface area contributed by atoms with Crippen LogP contribution in [0, 0.1) is 29.1 Å². The Morgan fingerprint density at radius 2 is 1.59 bits per heavy atom. The first-order valence-electron chi connectivity index (χ1n) is 11.3. The highest BCUT2D eigenvalue weighted by Crippen LogP contribution is 2.58. The Hall–Kier alpha value is -2.01. The lowest BCUT2D eigenvalue weighted by atomic mass is 9.72. The maximum Gasteiger partial charge on any atom is 0.434 e. The summed E-state index contributed by atoms with van der Waals surface area (Å²) in [5.41, 5.74) is -2.55. The molecule has 0 aromatic heterocycles. The molecule has 2 fully saturated rings. The van der Waals surface area contributed by atoms with E-state index in [9.17, 15) is 45.8 Å². The highest BCUT2D eigenvalue weighted by Gasteiger charge is 2.68. The van der Waals surface area contributed by atoms with Crippen molar-refractivity contribution in [2.45, 2.75) is 90.3 Å². The van der Waals surface area contributed by atoms with E-state index in [0.29, 0.717) is 18.8 Å². The first-order valence-corrected chi connectivity index (χ1v) is 11.3. The molecule has 34 heavy (non-hydrogen) atoms. The first-order chi connectivity index (χ1) is 15.5. The standard InChI is InChI=1S/C22H30F6O6/c1-4-5-12(7-6-11(2)3)16(29)33-15-9-14-8-13(15)10-20(14,18(30)31)19(32)34-17(21(23,24)25)22(26,27)28/h11-15,17H,4-10H2,1-3H3,(H,30,31). The van der Waals surface area contributed by atoms with E-state index in [-0.39, 0.29) is 18.8 Å². The maximum atomic E-state index is 12.8. The Kier molecular flexibility index (Phi) is 8.56. The van der Waals surface area contributed by atoms with Gasteiger partial charge >= 0.3 is 30.3 Å². The summed E-state index contributed by atoms with van der Waals surface area (Å²) >= 11 is 0. The Morgan fingerprint density at radius 1 is 1.00 bits per heavy atom. The summed E-state index contributed by atoms with van der Waals surface area (Å²) in [5, 5.41) is 9.65. The van der Waals surface area contributed by atoms with Gasteiger partial charge in [0.25, 0.3) is 6.10 Å². The fourth-order valence-corrected chi connectivity index (χ4v) is 5.07. The number of ether oxygens (including phenoxy) is 2. The van der Waals surface area contributed by atoms with Crippen molar-refractivity contribution in [1.29, 1.82) is 0 Å². The van der Waals surface area contributed by atoms with Gasteiger partial charge in [-0.25, -0.2) is 0 Å². The number of rotatable bonds is 10. The van der Waals surface area contributed by atoms with Crippen LogP contribution in [0.15, 0.2) is 0 Å². The third-order valence-electron chi connectivity index (χ3n) is 6.81. The van der Waals surface area contributed by atoms with Gasteiger partial charge in [-0.1, -0.05) is 33.6 Å². The maximum absolute atomic E-state index is 12.8. The van der Waals surface area contributed by atoms with Crippen LogP contribution in [0.5, 0.6) is 0 Å². The average molecular weight is 504 g/mol. The number of carboxylic acid groups (broad SMARTS) is 1. The van der Waals surface area contributed by atoms with E-state index in [1.807, 2.05) is 20.8 Å². The van der Waals surface area contributed by atoms with Crippen LogP contribution in [-0.2, 0) is 23.9 Å². The van der Waals surface area contributed by atoms with Crippen molar-refractivity contribution in [2.75, 3.05) is 0 Å². The van der Waals surface area contributed by atoms with Gasteiger partial charge in [0.2, 0.25) is 0 Å². The Balaban J connectivity index is 2.14. The minimum Gasteiger partial charge on any atom is -0.480 e. The number of aliphatic carboxylic acids is 1. The molecule has 0 saturated heterocycles. The molecule has 0 heterocycles. The Labute approximate surface area is 193 Å². The number of esters is 2. The average Bonchev–Trinajstić information content (AvgIpc) is 3.25. The molecule has 196 valence electrons. The molecule has 2 bridgehead atoms. The van der Waals surface area contributed by atoms with Gasteiger partial charge in [0.05, 0.1) is 5.92 Å². The lowest BCUT2D eigenvalue weighted by Crippen LogP contribution is -2.53. The number of alkyl halides is 6. The van der Waals surface area contributed by atoms with E-state index in [4.69, 9.17) is 4.74 Å². The van der Waals surface area contributed by atoms with E-state index in [1.165, 1.54) is 0 Å². The zero-order valence-corrected chi connectivity index (χ0v) is 19.2. The summed E-state index contributed by atoms with van der Waals surface area (Å²) < 4.78 is 86.3. The molecule has 2 aliphatic carbocycles. The van der Waals surface area contributed by atoms with Crippen LogP contribution in [0.25, 0.3) is 0 Å². The second-order valence-electron chi connectivity index (χ2n) is 9.71. The van der Waals surface area contributed by atoms with Crippen molar-refractivity contribution in [2.24, 2.45) is 29.1 Å². The molecule has 0 spiro atoms. The third kappa shape index (κ3) is 5.97. The summed E-state index contributed by atoms with van der Waals surface area (Å²) in [6, 6.07) is 0. The fourth-order valence-electron chi connectivity index (χ4n) is 5.07. The van der Waals surface area contributed by atoms with Crippen molar-refractivity contribution in [1.82, 2.24) is 0 Å². The van der Waals surface area contributed by atoms with Gasteiger partial charge in [-0.3, -0.25) is 14.4 Å². The minimum atomic E-state index is -5.95. The number of carboxylic acids is 1. The molecule has 0 radical (unpaired) electrons. The van der Waals surface area contributed by atoms with Crippen LogP contribution in [0.2, 0.25) is 0 Å². The van der Waals surface area contributed by atoms with Gasteiger partial charge in [0.15, 0.2) is 5.41 Å². The van der Waals surface area contributed by atoms with E-state index in [0.717, 1.165) is 12.8 Å². The van der Waals surface area contributed by atoms with Gasteiger partial charge in [-0.15, -0.1) is 0 Å². The van der Waals surface area contributed by atoms with Crippen LogP contribution in [0.1, 0.15) is 65.7 Å². The van der Waals surface area contributed by atoms with Gasteiger partial charge in [-0.05, 0) is 49.9 Å². The van der Waals surface area contributed by atoms with E-state index < -0.39 is 66.1 Å². The monoisotopic (exact) mass is 504 g/mol. The largest absolute Gasteiger partial charge is 0.480 e. The van der Waals surface area contributed by atoms with Crippen LogP contribution < -0.4 is 0 Å². The zero-order chi connectivity index (χ0) is 26.1. The normalized spacial score (nSPS) is 27.8. The van der Waals surface area contributed by atoms with Gasteiger partial charge in [0.1, 0.15) is 6.10 Å².